The molecule has 1 rings (SSSR count). The van der Waals surface area contributed by atoms with Gasteiger partial charge in [0.25, 0.3) is 0 Å². The highest BCUT2D eigenvalue weighted by molar-refractivity contribution is 5.76. The summed E-state index contributed by atoms with van der Waals surface area (Å²) in [7, 11) is 0. The van der Waals surface area contributed by atoms with Crippen molar-refractivity contribution in [2.75, 3.05) is 6.54 Å². The summed E-state index contributed by atoms with van der Waals surface area (Å²) in [5.74, 6) is 1.12. The van der Waals surface area contributed by atoms with E-state index in [9.17, 15) is 4.79 Å². The van der Waals surface area contributed by atoms with Gasteiger partial charge in [-0.05, 0) is 20.8 Å². The lowest BCUT2D eigenvalue weighted by atomic mass is 10.1. The van der Waals surface area contributed by atoms with Crippen molar-refractivity contribution in [1.82, 2.24) is 20.8 Å². The van der Waals surface area contributed by atoms with E-state index >= 15 is 0 Å². The van der Waals surface area contributed by atoms with Gasteiger partial charge in [-0.1, -0.05) is 0 Å². The van der Waals surface area contributed by atoms with E-state index in [-0.39, 0.29) is 11.4 Å². The average molecular weight is 240 g/mol. The lowest BCUT2D eigenvalue weighted by Gasteiger charge is -2.20. The van der Waals surface area contributed by atoms with Crippen molar-refractivity contribution in [3.63, 3.8) is 0 Å². The standard InChI is InChI=1S/C11H20N4O2/c1-8-14-15-10(17-8)7-12-6-5-9(16)13-11(2,3)4/h12H,5-7H2,1-4H3,(H,13,16). The minimum Gasteiger partial charge on any atom is -0.424 e. The predicted molar refractivity (Wildman–Crippen MR) is 63.3 cm³/mol. The van der Waals surface area contributed by atoms with Crippen LogP contribution < -0.4 is 10.6 Å². The molecule has 1 aromatic heterocycles. The molecule has 0 atom stereocenters. The van der Waals surface area contributed by atoms with Gasteiger partial charge in [-0.3, -0.25) is 4.79 Å². The first-order valence-electron chi connectivity index (χ1n) is 5.67. The molecule has 1 aromatic rings. The number of carbonyl (C=O) groups is 1. The molecule has 0 bridgehead atoms. The minimum atomic E-state index is -0.180. The molecule has 6 nitrogen and oxygen atoms in total. The van der Waals surface area contributed by atoms with Crippen LogP contribution in [0.5, 0.6) is 0 Å². The Balaban J connectivity index is 2.14. The van der Waals surface area contributed by atoms with E-state index in [1.54, 1.807) is 6.92 Å². The Kier molecular flexibility index (Phi) is 4.62. The van der Waals surface area contributed by atoms with Crippen molar-refractivity contribution >= 4 is 5.91 Å². The maximum absolute atomic E-state index is 11.5. The third kappa shape index (κ3) is 6.01. The number of carbonyl (C=O) groups excluding carboxylic acids is 1. The summed E-state index contributed by atoms with van der Waals surface area (Å²) in [5, 5.41) is 13.5. The van der Waals surface area contributed by atoms with E-state index < -0.39 is 0 Å². The van der Waals surface area contributed by atoms with Crippen LogP contribution in [-0.2, 0) is 11.3 Å². The summed E-state index contributed by atoms with van der Waals surface area (Å²) in [6, 6.07) is 0. The Morgan fingerprint density at radius 1 is 1.35 bits per heavy atom. The van der Waals surface area contributed by atoms with Crippen LogP contribution in [0.1, 0.15) is 39.0 Å². The molecular formula is C11H20N4O2. The third-order valence-corrected chi connectivity index (χ3v) is 1.89. The van der Waals surface area contributed by atoms with Crippen LogP contribution in [0.2, 0.25) is 0 Å². The third-order valence-electron chi connectivity index (χ3n) is 1.89. The molecule has 0 unspecified atom stereocenters. The van der Waals surface area contributed by atoms with E-state index in [2.05, 4.69) is 20.8 Å². The first-order chi connectivity index (χ1) is 7.87. The normalized spacial score (nSPS) is 11.5. The molecule has 6 heteroatoms. The SMILES string of the molecule is Cc1nnc(CNCCC(=O)NC(C)(C)C)o1. The number of rotatable bonds is 5. The molecule has 1 heterocycles. The van der Waals surface area contributed by atoms with Gasteiger partial charge < -0.3 is 15.1 Å². The lowest BCUT2D eigenvalue weighted by molar-refractivity contribution is -0.122. The zero-order valence-corrected chi connectivity index (χ0v) is 10.8. The van der Waals surface area contributed by atoms with Crippen LogP contribution in [0, 0.1) is 6.92 Å². The van der Waals surface area contributed by atoms with E-state index in [4.69, 9.17) is 4.42 Å². The molecule has 2 N–H and O–H groups in total. The first kappa shape index (κ1) is 13.6. The number of nitrogens with zero attached hydrogens (tertiary/aromatic N) is 2. The molecule has 0 saturated carbocycles. The zero-order chi connectivity index (χ0) is 12.9. The Hall–Kier alpha value is -1.43. The molecule has 0 aliphatic carbocycles. The summed E-state index contributed by atoms with van der Waals surface area (Å²) in [5.41, 5.74) is -0.180. The molecule has 0 spiro atoms. The molecule has 0 aliphatic heterocycles. The maximum atomic E-state index is 11.5. The fourth-order valence-corrected chi connectivity index (χ4v) is 1.29. The van der Waals surface area contributed by atoms with Crippen LogP contribution in [0.3, 0.4) is 0 Å². The highest BCUT2D eigenvalue weighted by atomic mass is 16.4. The van der Waals surface area contributed by atoms with Crippen molar-refractivity contribution in [2.24, 2.45) is 0 Å². The second-order valence-electron chi connectivity index (χ2n) is 4.94. The Morgan fingerprint density at radius 2 is 2.06 bits per heavy atom. The monoisotopic (exact) mass is 240 g/mol. The highest BCUT2D eigenvalue weighted by Gasteiger charge is 2.12. The largest absolute Gasteiger partial charge is 0.424 e. The molecule has 0 fully saturated rings. The number of nitrogens with one attached hydrogen (secondary N) is 2. The quantitative estimate of drug-likeness (QED) is 0.743. The van der Waals surface area contributed by atoms with Gasteiger partial charge in [0.15, 0.2) is 0 Å². The number of aromatic nitrogens is 2. The number of hydrogen-bond acceptors (Lipinski definition) is 5. The molecular weight excluding hydrogens is 220 g/mol. The summed E-state index contributed by atoms with van der Waals surface area (Å²) < 4.78 is 5.19. The summed E-state index contributed by atoms with van der Waals surface area (Å²) in [6.07, 6.45) is 0.435. The molecule has 1 amide bonds. The van der Waals surface area contributed by atoms with Crippen molar-refractivity contribution in [3.8, 4) is 0 Å². The number of amides is 1. The van der Waals surface area contributed by atoms with Gasteiger partial charge in [0.05, 0.1) is 6.54 Å². The fourth-order valence-electron chi connectivity index (χ4n) is 1.29. The molecule has 96 valence electrons. The molecule has 0 radical (unpaired) electrons. The van der Waals surface area contributed by atoms with Crippen molar-refractivity contribution in [3.05, 3.63) is 11.8 Å². The van der Waals surface area contributed by atoms with Gasteiger partial charge >= 0.3 is 0 Å². The van der Waals surface area contributed by atoms with E-state index in [1.165, 1.54) is 0 Å². The maximum Gasteiger partial charge on any atom is 0.230 e. The van der Waals surface area contributed by atoms with Gasteiger partial charge in [0.1, 0.15) is 0 Å². The molecule has 0 aromatic carbocycles. The van der Waals surface area contributed by atoms with Crippen LogP contribution in [0.4, 0.5) is 0 Å². The van der Waals surface area contributed by atoms with Crippen LogP contribution in [0.15, 0.2) is 4.42 Å². The van der Waals surface area contributed by atoms with Gasteiger partial charge in [-0.15, -0.1) is 10.2 Å². The van der Waals surface area contributed by atoms with Crippen LogP contribution >= 0.6 is 0 Å². The summed E-state index contributed by atoms with van der Waals surface area (Å²) in [4.78, 5) is 11.5. The second kappa shape index (κ2) is 5.77. The van der Waals surface area contributed by atoms with Crippen molar-refractivity contribution < 1.29 is 9.21 Å². The second-order valence-corrected chi connectivity index (χ2v) is 4.94. The fraction of sp³-hybridized carbons (Fsp3) is 0.727. The Morgan fingerprint density at radius 3 is 2.59 bits per heavy atom. The van der Waals surface area contributed by atoms with E-state index in [0.29, 0.717) is 31.3 Å². The number of aryl methyl sites for hydroxylation is 1. The lowest BCUT2D eigenvalue weighted by Crippen LogP contribution is -2.41. The summed E-state index contributed by atoms with van der Waals surface area (Å²) >= 11 is 0. The Labute approximate surface area is 101 Å². The Bertz CT molecular complexity index is 368. The molecule has 0 saturated heterocycles. The molecule has 17 heavy (non-hydrogen) atoms. The van der Waals surface area contributed by atoms with Gasteiger partial charge in [-0.25, -0.2) is 0 Å². The van der Waals surface area contributed by atoms with E-state index in [1.807, 2.05) is 20.8 Å². The smallest absolute Gasteiger partial charge is 0.230 e. The molecule has 0 aliphatic rings. The van der Waals surface area contributed by atoms with Crippen molar-refractivity contribution in [1.29, 1.82) is 0 Å². The highest BCUT2D eigenvalue weighted by Crippen LogP contribution is 1.99. The predicted octanol–water partition coefficient (Wildman–Crippen LogP) is 0.772. The number of hydrogen-bond donors (Lipinski definition) is 2. The van der Waals surface area contributed by atoms with Crippen LogP contribution in [0.25, 0.3) is 0 Å². The van der Waals surface area contributed by atoms with Gasteiger partial charge in [-0.2, -0.15) is 0 Å². The van der Waals surface area contributed by atoms with Crippen LogP contribution in [-0.4, -0.2) is 28.2 Å². The minimum absolute atomic E-state index is 0.0340. The average Bonchev–Trinajstić information content (AvgIpc) is 2.56. The van der Waals surface area contributed by atoms with E-state index in [0.717, 1.165) is 0 Å². The first-order valence-corrected chi connectivity index (χ1v) is 5.67. The topological polar surface area (TPSA) is 80.0 Å². The zero-order valence-electron chi connectivity index (χ0n) is 10.8. The summed E-state index contributed by atoms with van der Waals surface area (Å²) in [6.45, 7) is 8.69. The van der Waals surface area contributed by atoms with Crippen molar-refractivity contribution in [2.45, 2.75) is 46.2 Å². The van der Waals surface area contributed by atoms with Gasteiger partial charge in [0.2, 0.25) is 17.7 Å². The van der Waals surface area contributed by atoms with Gasteiger partial charge in [0, 0.05) is 25.4 Å².